The molecule has 0 fully saturated rings. The van der Waals surface area contributed by atoms with E-state index in [2.05, 4.69) is 9.98 Å². The first kappa shape index (κ1) is 11.1. The molecule has 0 aromatic heterocycles. The fourth-order valence-corrected chi connectivity index (χ4v) is 3.11. The van der Waals surface area contributed by atoms with Crippen LogP contribution in [0.4, 0.5) is 0 Å². The molecule has 8 nitrogen and oxygen atoms in total. The van der Waals surface area contributed by atoms with Crippen LogP contribution in [0.1, 0.15) is 0 Å². The van der Waals surface area contributed by atoms with Gasteiger partial charge in [0.1, 0.15) is 5.70 Å². The summed E-state index contributed by atoms with van der Waals surface area (Å²) in [6.07, 6.45) is 2.44. The lowest BCUT2D eigenvalue weighted by atomic mass is 10.4. The Morgan fingerprint density at radius 1 is 1.06 bits per heavy atom. The molecule has 0 aromatic rings. The van der Waals surface area contributed by atoms with Crippen LogP contribution in [0.15, 0.2) is 32.4 Å². The Labute approximate surface area is 90.2 Å². The SMILES string of the molecule is O=S(=O)(O)C1=NC2=CC=NC2=C1S(=O)(=O)O. The van der Waals surface area contributed by atoms with Crippen molar-refractivity contribution in [3.8, 4) is 0 Å². The van der Waals surface area contributed by atoms with Crippen LogP contribution in [0.2, 0.25) is 0 Å². The maximum Gasteiger partial charge on any atom is 0.313 e. The van der Waals surface area contributed by atoms with Crippen molar-refractivity contribution in [3.05, 3.63) is 22.4 Å². The molecule has 10 heteroatoms. The zero-order valence-corrected chi connectivity index (χ0v) is 9.03. The molecule has 0 saturated heterocycles. The van der Waals surface area contributed by atoms with Crippen LogP contribution >= 0.6 is 0 Å². The summed E-state index contributed by atoms with van der Waals surface area (Å²) in [5, 5.41) is -1.12. The van der Waals surface area contributed by atoms with E-state index in [1.807, 2.05) is 0 Å². The number of fused-ring (bicyclic) bond motifs is 1. The zero-order chi connectivity index (χ0) is 12.1. The molecule has 0 unspecified atom stereocenters. The Kier molecular flexibility index (Phi) is 2.14. The number of nitrogens with zero attached hydrogens (tertiary/aromatic N) is 2. The summed E-state index contributed by atoms with van der Waals surface area (Å²) in [5.41, 5.74) is -0.338. The van der Waals surface area contributed by atoms with Crippen molar-refractivity contribution in [2.24, 2.45) is 9.98 Å². The average Bonchev–Trinajstić information content (AvgIpc) is 2.53. The minimum atomic E-state index is -4.84. The van der Waals surface area contributed by atoms with Crippen LogP contribution in [0, 0.1) is 0 Å². The molecule has 2 aliphatic rings. The third-order valence-electron chi connectivity index (χ3n) is 1.81. The van der Waals surface area contributed by atoms with E-state index in [4.69, 9.17) is 9.11 Å². The van der Waals surface area contributed by atoms with Crippen LogP contribution in [0.25, 0.3) is 0 Å². The molecule has 0 radical (unpaired) electrons. The number of aliphatic imine (C=N–C) groups is 2. The van der Waals surface area contributed by atoms with Gasteiger partial charge in [-0.1, -0.05) is 0 Å². The summed E-state index contributed by atoms with van der Waals surface area (Å²) in [5.74, 6) is 0. The Morgan fingerprint density at radius 3 is 2.19 bits per heavy atom. The summed E-state index contributed by atoms with van der Waals surface area (Å²) in [7, 11) is -9.67. The highest BCUT2D eigenvalue weighted by Crippen LogP contribution is 2.33. The number of hydrogen-bond acceptors (Lipinski definition) is 6. The Balaban J connectivity index is 2.80. The maximum atomic E-state index is 11.0. The van der Waals surface area contributed by atoms with Gasteiger partial charge in [0.05, 0.1) is 5.70 Å². The third-order valence-corrected chi connectivity index (χ3v) is 3.63. The van der Waals surface area contributed by atoms with E-state index < -0.39 is 30.2 Å². The minimum absolute atomic E-state index is 0.0414. The smallest absolute Gasteiger partial charge is 0.282 e. The number of allylic oxidation sites excluding steroid dienone is 1. The molecule has 0 saturated carbocycles. The van der Waals surface area contributed by atoms with Gasteiger partial charge in [-0.3, -0.25) is 14.1 Å². The quantitative estimate of drug-likeness (QED) is 0.605. The van der Waals surface area contributed by atoms with Crippen molar-refractivity contribution in [1.29, 1.82) is 0 Å². The highest BCUT2D eigenvalue weighted by molar-refractivity contribution is 8.05. The van der Waals surface area contributed by atoms with Crippen molar-refractivity contribution >= 4 is 31.5 Å². The van der Waals surface area contributed by atoms with Crippen molar-refractivity contribution < 1.29 is 25.9 Å². The standard InChI is InChI=1S/C6H4N2O6S2/c9-15(10,11)5-4-3(1-2-7-4)8-6(5)16(12,13)14/h1-2H,(H,9,10,11)(H,12,13,14). The molecule has 0 bridgehead atoms. The normalized spacial score (nSPS) is 19.9. The van der Waals surface area contributed by atoms with Crippen LogP contribution < -0.4 is 0 Å². The second kappa shape index (κ2) is 3.07. The Morgan fingerprint density at radius 2 is 1.69 bits per heavy atom. The van der Waals surface area contributed by atoms with Crippen LogP contribution in [0.5, 0.6) is 0 Å². The highest BCUT2D eigenvalue weighted by atomic mass is 32.2. The van der Waals surface area contributed by atoms with Crippen LogP contribution in [-0.2, 0) is 20.2 Å². The van der Waals surface area contributed by atoms with Gasteiger partial charge < -0.3 is 0 Å². The van der Waals surface area contributed by atoms with Crippen LogP contribution in [-0.4, -0.2) is 37.2 Å². The van der Waals surface area contributed by atoms with Gasteiger partial charge in [-0.15, -0.1) is 0 Å². The lowest BCUT2D eigenvalue weighted by Crippen LogP contribution is -2.20. The van der Waals surface area contributed by atoms with E-state index in [0.29, 0.717) is 0 Å². The van der Waals surface area contributed by atoms with E-state index in [9.17, 15) is 16.8 Å². The maximum absolute atomic E-state index is 11.0. The molecular weight excluding hydrogens is 260 g/mol. The first-order chi connectivity index (χ1) is 7.21. The third kappa shape index (κ3) is 1.61. The summed E-state index contributed by atoms with van der Waals surface area (Å²) in [4.78, 5) is 5.91. The Bertz CT molecular complexity index is 691. The van der Waals surface area contributed by atoms with E-state index in [-0.39, 0.29) is 11.4 Å². The molecule has 16 heavy (non-hydrogen) atoms. The van der Waals surface area contributed by atoms with Gasteiger partial charge in [0.15, 0.2) is 4.91 Å². The van der Waals surface area contributed by atoms with E-state index in [0.717, 1.165) is 0 Å². The predicted octanol–water partition coefficient (Wildman–Crippen LogP) is -0.646. The Hall–Kier alpha value is -1.36. The second-order valence-corrected chi connectivity index (χ2v) is 5.57. The topological polar surface area (TPSA) is 133 Å². The average molecular weight is 264 g/mol. The van der Waals surface area contributed by atoms with Gasteiger partial charge >= 0.3 is 10.1 Å². The first-order valence-corrected chi connectivity index (χ1v) is 6.62. The van der Waals surface area contributed by atoms with Crippen molar-refractivity contribution in [1.82, 2.24) is 0 Å². The van der Waals surface area contributed by atoms with Gasteiger partial charge in [-0.2, -0.15) is 16.8 Å². The monoisotopic (exact) mass is 264 g/mol. The molecule has 86 valence electrons. The summed E-state index contributed by atoms with van der Waals surface area (Å²) in [6.45, 7) is 0. The number of rotatable bonds is 1. The van der Waals surface area contributed by atoms with Gasteiger partial charge in [0.25, 0.3) is 10.1 Å². The summed E-state index contributed by atoms with van der Waals surface area (Å²) < 4.78 is 61.3. The molecule has 2 N–H and O–H groups in total. The molecule has 0 atom stereocenters. The summed E-state index contributed by atoms with van der Waals surface area (Å²) >= 11 is 0. The zero-order valence-electron chi connectivity index (χ0n) is 7.39. The molecule has 2 aliphatic heterocycles. The largest absolute Gasteiger partial charge is 0.313 e. The molecular formula is C6H4N2O6S2. The van der Waals surface area contributed by atoms with E-state index in [1.54, 1.807) is 0 Å². The molecule has 0 amide bonds. The van der Waals surface area contributed by atoms with Crippen LogP contribution in [0.3, 0.4) is 0 Å². The second-order valence-electron chi connectivity index (χ2n) is 2.87. The molecule has 2 rings (SSSR count). The van der Waals surface area contributed by atoms with Crippen molar-refractivity contribution in [2.75, 3.05) is 0 Å². The van der Waals surface area contributed by atoms with Gasteiger partial charge in [-0.25, -0.2) is 4.99 Å². The lowest BCUT2D eigenvalue weighted by molar-refractivity contribution is 0.489. The minimum Gasteiger partial charge on any atom is -0.282 e. The molecule has 0 aliphatic carbocycles. The molecule has 2 heterocycles. The highest BCUT2D eigenvalue weighted by Gasteiger charge is 2.39. The fourth-order valence-electron chi connectivity index (χ4n) is 1.26. The van der Waals surface area contributed by atoms with Gasteiger partial charge in [0.2, 0.25) is 5.04 Å². The van der Waals surface area contributed by atoms with E-state index in [1.165, 1.54) is 12.3 Å². The molecule has 0 aromatic carbocycles. The predicted molar refractivity (Wildman–Crippen MR) is 54.1 cm³/mol. The molecule has 0 spiro atoms. The van der Waals surface area contributed by atoms with Gasteiger partial charge in [0, 0.05) is 6.21 Å². The van der Waals surface area contributed by atoms with E-state index >= 15 is 0 Å². The lowest BCUT2D eigenvalue weighted by Gasteiger charge is -2.00. The fraction of sp³-hybridized carbons (Fsp3) is 0. The number of hydrogen-bond donors (Lipinski definition) is 2. The first-order valence-electron chi connectivity index (χ1n) is 3.74. The van der Waals surface area contributed by atoms with Gasteiger partial charge in [-0.05, 0) is 6.08 Å². The van der Waals surface area contributed by atoms with Crippen molar-refractivity contribution in [2.45, 2.75) is 0 Å². The summed E-state index contributed by atoms with van der Waals surface area (Å²) in [6, 6.07) is 0. The van der Waals surface area contributed by atoms with Crippen molar-refractivity contribution in [3.63, 3.8) is 0 Å².